The summed E-state index contributed by atoms with van der Waals surface area (Å²) in [5.41, 5.74) is 0. The summed E-state index contributed by atoms with van der Waals surface area (Å²) in [5.74, 6) is 0.0994. The van der Waals surface area contributed by atoms with Crippen molar-refractivity contribution in [1.82, 2.24) is 16.0 Å². The molecule has 0 saturated carbocycles. The standard InChI is InChI=1S/C12H23N3O2/c1-9-7-15-11(8-14-9)12(16)13-5-4-10-3-2-6-17-10/h9-11,14-15H,2-8H2,1H3,(H,13,16). The third kappa shape index (κ3) is 3.94. The summed E-state index contributed by atoms with van der Waals surface area (Å²) in [7, 11) is 0. The van der Waals surface area contributed by atoms with E-state index in [1.807, 2.05) is 0 Å². The molecule has 5 heteroatoms. The molecule has 0 aliphatic carbocycles. The van der Waals surface area contributed by atoms with Crippen LogP contribution in [0.5, 0.6) is 0 Å². The van der Waals surface area contributed by atoms with E-state index in [-0.39, 0.29) is 11.9 Å². The second kappa shape index (κ2) is 6.33. The van der Waals surface area contributed by atoms with E-state index in [0.29, 0.717) is 18.7 Å². The first-order valence-corrected chi connectivity index (χ1v) is 6.62. The summed E-state index contributed by atoms with van der Waals surface area (Å²) in [4.78, 5) is 11.8. The minimum atomic E-state index is -0.0873. The minimum absolute atomic E-state index is 0.0873. The minimum Gasteiger partial charge on any atom is -0.378 e. The number of rotatable bonds is 4. The van der Waals surface area contributed by atoms with E-state index < -0.39 is 0 Å². The fraction of sp³-hybridized carbons (Fsp3) is 0.917. The van der Waals surface area contributed by atoms with Gasteiger partial charge in [0.15, 0.2) is 0 Å². The van der Waals surface area contributed by atoms with Crippen LogP contribution in [0.3, 0.4) is 0 Å². The Labute approximate surface area is 103 Å². The molecule has 98 valence electrons. The van der Waals surface area contributed by atoms with Crippen LogP contribution in [0.15, 0.2) is 0 Å². The van der Waals surface area contributed by atoms with Gasteiger partial charge in [-0.15, -0.1) is 0 Å². The van der Waals surface area contributed by atoms with Crippen LogP contribution < -0.4 is 16.0 Å². The number of amides is 1. The zero-order valence-electron chi connectivity index (χ0n) is 10.5. The van der Waals surface area contributed by atoms with Gasteiger partial charge in [0.25, 0.3) is 0 Å². The Morgan fingerprint density at radius 1 is 1.41 bits per heavy atom. The van der Waals surface area contributed by atoms with Crippen molar-refractivity contribution in [1.29, 1.82) is 0 Å². The van der Waals surface area contributed by atoms with Crippen LogP contribution in [0.1, 0.15) is 26.2 Å². The van der Waals surface area contributed by atoms with Gasteiger partial charge in [0, 0.05) is 32.3 Å². The van der Waals surface area contributed by atoms with Crippen LogP contribution in [0.4, 0.5) is 0 Å². The van der Waals surface area contributed by atoms with Gasteiger partial charge < -0.3 is 20.7 Å². The van der Waals surface area contributed by atoms with Gasteiger partial charge in [0.1, 0.15) is 0 Å². The molecule has 0 aromatic rings. The fourth-order valence-corrected chi connectivity index (χ4v) is 2.32. The first-order valence-electron chi connectivity index (χ1n) is 6.62. The van der Waals surface area contributed by atoms with Gasteiger partial charge in [-0.05, 0) is 26.2 Å². The maximum Gasteiger partial charge on any atom is 0.238 e. The molecule has 2 aliphatic heterocycles. The predicted molar refractivity (Wildman–Crippen MR) is 65.9 cm³/mol. The normalized spacial score (nSPS) is 33.6. The predicted octanol–water partition coefficient (Wildman–Crippen LogP) is -0.378. The van der Waals surface area contributed by atoms with E-state index in [4.69, 9.17) is 4.74 Å². The first-order chi connectivity index (χ1) is 8.25. The zero-order valence-corrected chi connectivity index (χ0v) is 10.5. The Morgan fingerprint density at radius 3 is 2.94 bits per heavy atom. The average Bonchev–Trinajstić information content (AvgIpc) is 2.83. The van der Waals surface area contributed by atoms with Gasteiger partial charge in [0.05, 0.1) is 12.1 Å². The number of nitrogens with one attached hydrogen (secondary N) is 3. The van der Waals surface area contributed by atoms with Crippen molar-refractivity contribution in [3.63, 3.8) is 0 Å². The Balaban J connectivity index is 1.60. The quantitative estimate of drug-likeness (QED) is 0.628. The highest BCUT2D eigenvalue weighted by Gasteiger charge is 2.23. The highest BCUT2D eigenvalue weighted by molar-refractivity contribution is 5.82. The Hall–Kier alpha value is -0.650. The SMILES string of the molecule is CC1CNC(C(=O)NCCC2CCCO2)CN1. The van der Waals surface area contributed by atoms with E-state index in [9.17, 15) is 4.79 Å². The molecule has 17 heavy (non-hydrogen) atoms. The Bertz CT molecular complexity index is 246. The van der Waals surface area contributed by atoms with Crippen LogP contribution in [0.2, 0.25) is 0 Å². The monoisotopic (exact) mass is 241 g/mol. The summed E-state index contributed by atoms with van der Waals surface area (Å²) in [5, 5.41) is 9.51. The lowest BCUT2D eigenvalue weighted by Gasteiger charge is -2.28. The highest BCUT2D eigenvalue weighted by atomic mass is 16.5. The summed E-state index contributed by atoms with van der Waals surface area (Å²) in [6, 6.07) is 0.363. The smallest absolute Gasteiger partial charge is 0.238 e. The van der Waals surface area contributed by atoms with E-state index >= 15 is 0 Å². The molecule has 3 atom stereocenters. The van der Waals surface area contributed by atoms with E-state index in [0.717, 1.165) is 39.0 Å². The van der Waals surface area contributed by atoms with Crippen molar-refractivity contribution < 1.29 is 9.53 Å². The molecule has 2 fully saturated rings. The highest BCUT2D eigenvalue weighted by Crippen LogP contribution is 2.14. The van der Waals surface area contributed by atoms with Gasteiger partial charge >= 0.3 is 0 Å². The molecular formula is C12H23N3O2. The van der Waals surface area contributed by atoms with Crippen molar-refractivity contribution in [3.05, 3.63) is 0 Å². The molecule has 5 nitrogen and oxygen atoms in total. The molecule has 0 aromatic carbocycles. The third-order valence-corrected chi connectivity index (χ3v) is 3.45. The Morgan fingerprint density at radius 2 is 2.29 bits per heavy atom. The summed E-state index contributed by atoms with van der Waals surface area (Å²) < 4.78 is 5.52. The average molecular weight is 241 g/mol. The molecule has 2 rings (SSSR count). The number of carbonyl (C=O) groups excluding carboxylic acids is 1. The van der Waals surface area contributed by atoms with Crippen LogP contribution >= 0.6 is 0 Å². The van der Waals surface area contributed by atoms with Gasteiger partial charge in [-0.3, -0.25) is 4.79 Å². The first kappa shape index (κ1) is 12.8. The van der Waals surface area contributed by atoms with Gasteiger partial charge in [-0.25, -0.2) is 0 Å². The van der Waals surface area contributed by atoms with Gasteiger partial charge in [-0.1, -0.05) is 0 Å². The lowest BCUT2D eigenvalue weighted by Crippen LogP contribution is -2.59. The molecule has 2 aliphatic rings. The maximum absolute atomic E-state index is 11.8. The molecule has 0 radical (unpaired) electrons. The molecular weight excluding hydrogens is 218 g/mol. The van der Waals surface area contributed by atoms with Gasteiger partial charge in [-0.2, -0.15) is 0 Å². The number of ether oxygens (including phenoxy) is 1. The van der Waals surface area contributed by atoms with Crippen LogP contribution in [0.25, 0.3) is 0 Å². The van der Waals surface area contributed by atoms with Crippen LogP contribution in [-0.2, 0) is 9.53 Å². The van der Waals surface area contributed by atoms with Crippen molar-refractivity contribution in [2.75, 3.05) is 26.2 Å². The molecule has 1 amide bonds. The summed E-state index contributed by atoms with van der Waals surface area (Å²) in [6.45, 7) is 5.27. The number of piperazine rings is 1. The van der Waals surface area contributed by atoms with Crippen molar-refractivity contribution >= 4 is 5.91 Å². The van der Waals surface area contributed by atoms with Crippen molar-refractivity contribution in [3.8, 4) is 0 Å². The van der Waals surface area contributed by atoms with Gasteiger partial charge in [0.2, 0.25) is 5.91 Å². The van der Waals surface area contributed by atoms with Crippen LogP contribution in [-0.4, -0.2) is 50.3 Å². The lowest BCUT2D eigenvalue weighted by atomic mass is 10.1. The zero-order chi connectivity index (χ0) is 12.1. The van der Waals surface area contributed by atoms with Crippen molar-refractivity contribution in [2.45, 2.75) is 44.4 Å². The summed E-state index contributed by atoms with van der Waals surface area (Å²) in [6.07, 6.45) is 3.58. The fourth-order valence-electron chi connectivity index (χ4n) is 2.32. The molecule has 2 saturated heterocycles. The molecule has 3 N–H and O–H groups in total. The molecule has 3 unspecified atom stereocenters. The summed E-state index contributed by atoms with van der Waals surface area (Å²) >= 11 is 0. The topological polar surface area (TPSA) is 62.4 Å². The second-order valence-electron chi connectivity index (χ2n) is 4.98. The molecule has 0 aromatic heterocycles. The third-order valence-electron chi connectivity index (χ3n) is 3.45. The molecule has 2 heterocycles. The van der Waals surface area contributed by atoms with E-state index in [2.05, 4.69) is 22.9 Å². The lowest BCUT2D eigenvalue weighted by molar-refractivity contribution is -0.123. The molecule has 0 spiro atoms. The maximum atomic E-state index is 11.8. The number of carbonyl (C=O) groups is 1. The largest absolute Gasteiger partial charge is 0.378 e. The van der Waals surface area contributed by atoms with E-state index in [1.165, 1.54) is 0 Å². The number of hydrogen-bond donors (Lipinski definition) is 3. The number of hydrogen-bond acceptors (Lipinski definition) is 4. The van der Waals surface area contributed by atoms with Crippen LogP contribution in [0, 0.1) is 0 Å². The van der Waals surface area contributed by atoms with E-state index in [1.54, 1.807) is 0 Å². The Kier molecular flexibility index (Phi) is 4.76. The second-order valence-corrected chi connectivity index (χ2v) is 4.98. The molecule has 0 bridgehead atoms. The van der Waals surface area contributed by atoms with Crippen molar-refractivity contribution in [2.24, 2.45) is 0 Å².